The number of carbonyl (C=O) groups is 2. The van der Waals surface area contributed by atoms with Crippen molar-refractivity contribution in [3.63, 3.8) is 0 Å². The highest BCUT2D eigenvalue weighted by Crippen LogP contribution is 2.64. The van der Waals surface area contributed by atoms with E-state index in [1.807, 2.05) is 67.6 Å². The Kier molecular flexibility index (Phi) is 4.46. The molecule has 33 heavy (non-hydrogen) atoms. The molecule has 1 N–H and O–H groups in total. The van der Waals surface area contributed by atoms with Crippen molar-refractivity contribution >= 4 is 17.5 Å². The maximum atomic E-state index is 14.1. The van der Waals surface area contributed by atoms with E-state index in [0.717, 1.165) is 28.7 Å². The van der Waals surface area contributed by atoms with Crippen LogP contribution in [0.5, 0.6) is 5.75 Å². The van der Waals surface area contributed by atoms with Crippen LogP contribution in [0.15, 0.2) is 72.8 Å². The molecule has 3 aromatic carbocycles. The highest BCUT2D eigenvalue weighted by Gasteiger charge is 2.68. The van der Waals surface area contributed by atoms with Gasteiger partial charge in [-0.15, -0.1) is 0 Å². The van der Waals surface area contributed by atoms with E-state index in [9.17, 15) is 14.7 Å². The number of imide groups is 1. The summed E-state index contributed by atoms with van der Waals surface area (Å²) in [5.41, 5.74) is 3.51. The molecule has 2 bridgehead atoms. The molecule has 0 aromatic heterocycles. The molecule has 3 aromatic rings. The second-order valence-electron chi connectivity index (χ2n) is 9.11. The molecule has 0 unspecified atom stereocenters. The monoisotopic (exact) mass is 439 g/mol. The first-order chi connectivity index (χ1) is 16.1. The molecule has 1 saturated heterocycles. The molecule has 7 rings (SSSR count). The predicted molar refractivity (Wildman–Crippen MR) is 124 cm³/mol. The zero-order chi connectivity index (χ0) is 22.7. The van der Waals surface area contributed by atoms with Gasteiger partial charge < -0.3 is 9.84 Å². The summed E-state index contributed by atoms with van der Waals surface area (Å²) in [6, 6.07) is 23.1. The summed E-state index contributed by atoms with van der Waals surface area (Å²) < 4.78 is 5.90. The van der Waals surface area contributed by atoms with E-state index < -0.39 is 17.3 Å². The third-order valence-corrected chi connectivity index (χ3v) is 7.61. The van der Waals surface area contributed by atoms with Crippen LogP contribution in [0.3, 0.4) is 0 Å². The van der Waals surface area contributed by atoms with Crippen LogP contribution in [0, 0.1) is 11.8 Å². The van der Waals surface area contributed by atoms with Crippen LogP contribution in [-0.4, -0.2) is 30.1 Å². The summed E-state index contributed by atoms with van der Waals surface area (Å²) in [7, 11) is 0. The second kappa shape index (κ2) is 7.29. The van der Waals surface area contributed by atoms with Crippen molar-refractivity contribution in [2.75, 3.05) is 18.1 Å². The Balaban J connectivity index is 1.58. The standard InChI is InChI=1S/C28H25NO4/c1-2-15-33-22-14-8-7-13-21(22)29-26(31)24-23-17-9-3-5-11-19(17)28(16-30,25(24)27(29)32)20-12-6-4-10-18(20)23/h3-14,23-25,30H,2,15-16H2,1H3/t23?,24-,25-,28?/m0/s1. The van der Waals surface area contributed by atoms with Gasteiger partial charge in [-0.25, -0.2) is 4.90 Å². The van der Waals surface area contributed by atoms with Gasteiger partial charge in [-0.05, 0) is 40.8 Å². The van der Waals surface area contributed by atoms with Gasteiger partial charge in [-0.1, -0.05) is 67.6 Å². The molecule has 1 heterocycles. The minimum atomic E-state index is -0.951. The van der Waals surface area contributed by atoms with Crippen molar-refractivity contribution in [2.45, 2.75) is 24.7 Å². The molecule has 3 aliphatic carbocycles. The zero-order valence-corrected chi connectivity index (χ0v) is 18.4. The molecule has 0 spiro atoms. The Labute approximate surface area is 192 Å². The molecular formula is C28H25NO4. The zero-order valence-electron chi connectivity index (χ0n) is 18.4. The Morgan fingerprint density at radius 3 is 2.12 bits per heavy atom. The number of hydrogen-bond donors (Lipinski definition) is 1. The van der Waals surface area contributed by atoms with Crippen LogP contribution in [0.4, 0.5) is 5.69 Å². The maximum Gasteiger partial charge on any atom is 0.239 e. The summed E-state index contributed by atoms with van der Waals surface area (Å²) in [4.78, 5) is 29.4. The Hall–Kier alpha value is -3.44. The van der Waals surface area contributed by atoms with Gasteiger partial charge in [-0.2, -0.15) is 0 Å². The smallest absolute Gasteiger partial charge is 0.239 e. The number of aliphatic hydroxyl groups is 1. The molecule has 5 heteroatoms. The van der Waals surface area contributed by atoms with E-state index in [1.165, 1.54) is 4.90 Å². The van der Waals surface area contributed by atoms with Crippen molar-refractivity contribution in [1.29, 1.82) is 0 Å². The summed E-state index contributed by atoms with van der Waals surface area (Å²) in [6.07, 6.45) is 0.821. The Morgan fingerprint density at radius 1 is 0.879 bits per heavy atom. The molecule has 0 saturated carbocycles. The SMILES string of the molecule is CCCOc1ccccc1N1C(=O)[C@@H]2[C@@H](C1=O)C1c3ccccc3C2(CO)c2ccccc21. The fourth-order valence-corrected chi connectivity index (χ4v) is 6.41. The van der Waals surface area contributed by atoms with Crippen LogP contribution in [0.2, 0.25) is 0 Å². The molecular weight excluding hydrogens is 414 g/mol. The lowest BCUT2D eigenvalue weighted by atomic mass is 9.47. The van der Waals surface area contributed by atoms with Gasteiger partial charge in [0.05, 0.1) is 36.2 Å². The Morgan fingerprint density at radius 2 is 1.48 bits per heavy atom. The van der Waals surface area contributed by atoms with Crippen molar-refractivity contribution < 1.29 is 19.4 Å². The number of hydrogen-bond acceptors (Lipinski definition) is 4. The van der Waals surface area contributed by atoms with E-state index in [-0.39, 0.29) is 24.3 Å². The number of rotatable bonds is 5. The minimum absolute atomic E-state index is 0.218. The van der Waals surface area contributed by atoms with Gasteiger partial charge in [-0.3, -0.25) is 9.59 Å². The van der Waals surface area contributed by atoms with Crippen molar-refractivity contribution in [3.8, 4) is 5.75 Å². The third-order valence-electron chi connectivity index (χ3n) is 7.61. The number of anilines is 1. The fourth-order valence-electron chi connectivity index (χ4n) is 6.41. The lowest BCUT2D eigenvalue weighted by Gasteiger charge is -2.53. The predicted octanol–water partition coefficient (Wildman–Crippen LogP) is 4.02. The lowest BCUT2D eigenvalue weighted by molar-refractivity contribution is -0.124. The summed E-state index contributed by atoms with van der Waals surface area (Å²) >= 11 is 0. The topological polar surface area (TPSA) is 66.8 Å². The number of aliphatic hydroxyl groups excluding tert-OH is 1. The van der Waals surface area contributed by atoms with E-state index in [4.69, 9.17) is 4.74 Å². The summed E-state index contributed by atoms with van der Waals surface area (Å²) in [5.74, 6) is -1.40. The number of benzene rings is 3. The van der Waals surface area contributed by atoms with Crippen LogP contribution in [0.1, 0.15) is 41.5 Å². The normalized spacial score (nSPS) is 26.7. The Bertz CT molecular complexity index is 1230. The van der Waals surface area contributed by atoms with E-state index >= 15 is 0 Å². The number of amides is 2. The number of carbonyl (C=O) groups excluding carboxylic acids is 2. The van der Waals surface area contributed by atoms with Gasteiger partial charge in [0, 0.05) is 5.92 Å². The average molecular weight is 440 g/mol. The maximum absolute atomic E-state index is 14.1. The van der Waals surface area contributed by atoms with Gasteiger partial charge in [0.1, 0.15) is 5.75 Å². The van der Waals surface area contributed by atoms with Crippen molar-refractivity contribution in [3.05, 3.63) is 95.1 Å². The molecule has 1 fully saturated rings. The largest absolute Gasteiger partial charge is 0.491 e. The van der Waals surface area contributed by atoms with Crippen LogP contribution in [0.25, 0.3) is 0 Å². The van der Waals surface area contributed by atoms with Crippen LogP contribution < -0.4 is 9.64 Å². The number of nitrogens with zero attached hydrogens (tertiary/aromatic N) is 1. The third kappa shape index (κ3) is 2.46. The van der Waals surface area contributed by atoms with Gasteiger partial charge in [0.25, 0.3) is 0 Å². The van der Waals surface area contributed by atoms with Crippen molar-refractivity contribution in [1.82, 2.24) is 0 Å². The first-order valence-electron chi connectivity index (χ1n) is 11.5. The van der Waals surface area contributed by atoms with Crippen LogP contribution in [-0.2, 0) is 15.0 Å². The molecule has 1 aliphatic heterocycles. The van der Waals surface area contributed by atoms with E-state index in [2.05, 4.69) is 0 Å². The lowest BCUT2D eigenvalue weighted by Crippen LogP contribution is -2.55. The molecule has 5 nitrogen and oxygen atoms in total. The number of para-hydroxylation sites is 2. The van der Waals surface area contributed by atoms with E-state index in [0.29, 0.717) is 18.0 Å². The van der Waals surface area contributed by atoms with Crippen molar-refractivity contribution in [2.24, 2.45) is 11.8 Å². The molecule has 0 radical (unpaired) electrons. The molecule has 2 amide bonds. The highest BCUT2D eigenvalue weighted by atomic mass is 16.5. The summed E-state index contributed by atoms with van der Waals surface area (Å²) in [5, 5.41) is 10.9. The highest BCUT2D eigenvalue weighted by molar-refractivity contribution is 6.24. The van der Waals surface area contributed by atoms with Gasteiger partial charge in [0.2, 0.25) is 11.8 Å². The van der Waals surface area contributed by atoms with Crippen LogP contribution >= 0.6 is 0 Å². The van der Waals surface area contributed by atoms with E-state index in [1.54, 1.807) is 12.1 Å². The van der Waals surface area contributed by atoms with Gasteiger partial charge in [0.15, 0.2) is 0 Å². The molecule has 4 aliphatic rings. The fraction of sp³-hybridized carbons (Fsp3) is 0.286. The first kappa shape index (κ1) is 20.2. The first-order valence-corrected chi connectivity index (χ1v) is 11.5. The number of ether oxygens (including phenoxy) is 1. The molecule has 166 valence electrons. The summed E-state index contributed by atoms with van der Waals surface area (Å²) in [6.45, 7) is 2.27. The van der Waals surface area contributed by atoms with Gasteiger partial charge >= 0.3 is 0 Å². The average Bonchev–Trinajstić information content (AvgIpc) is 3.13. The second-order valence-corrected chi connectivity index (χ2v) is 9.11. The quantitative estimate of drug-likeness (QED) is 0.610. The minimum Gasteiger partial charge on any atom is -0.491 e. The molecule has 2 atom stereocenters.